The van der Waals surface area contributed by atoms with Gasteiger partial charge in [0.1, 0.15) is 0 Å². The summed E-state index contributed by atoms with van der Waals surface area (Å²) in [5, 5.41) is 3.57. The van der Waals surface area contributed by atoms with Gasteiger partial charge in [-0.2, -0.15) is 0 Å². The predicted molar refractivity (Wildman–Crippen MR) is 102 cm³/mol. The maximum absolute atomic E-state index is 12.5. The summed E-state index contributed by atoms with van der Waals surface area (Å²) in [6.45, 7) is 0. The van der Waals surface area contributed by atoms with Crippen molar-refractivity contribution in [3.05, 3.63) is 54.1 Å². The minimum Gasteiger partial charge on any atom is -0.321 e. The lowest BCUT2D eigenvalue weighted by atomic mass is 10.2. The van der Waals surface area contributed by atoms with Crippen LogP contribution in [0.4, 0.5) is 5.69 Å². The second-order valence-corrected chi connectivity index (χ2v) is 9.63. The number of carbonyl (C=O) groups is 1. The number of sulfone groups is 1. The maximum atomic E-state index is 12.5. The molecule has 0 atom stereocenters. The molecule has 1 N–H and O–H groups in total. The van der Waals surface area contributed by atoms with Crippen LogP contribution in [0.1, 0.15) is 36.0 Å². The molecule has 2 aromatic carbocycles. The van der Waals surface area contributed by atoms with Crippen molar-refractivity contribution in [1.29, 1.82) is 0 Å². The van der Waals surface area contributed by atoms with Crippen LogP contribution in [0.2, 0.25) is 0 Å². The smallest absolute Gasteiger partial charge is 0.255 e. The van der Waals surface area contributed by atoms with Gasteiger partial charge in [-0.25, -0.2) is 8.42 Å². The standard InChI is InChI=1S/C19H21NO3S2/c1-25(22,23)16-12-10-14(11-13-16)19(21)20-17-8-4-5-9-18(17)24-15-6-2-3-7-15/h4-5,8-13,15H,2-3,6-7H2,1H3,(H,20,21). The average Bonchev–Trinajstić information content (AvgIpc) is 3.09. The molecular weight excluding hydrogens is 354 g/mol. The van der Waals surface area contributed by atoms with Crippen molar-refractivity contribution < 1.29 is 13.2 Å². The molecule has 2 aromatic rings. The topological polar surface area (TPSA) is 63.2 Å². The molecule has 3 rings (SSSR count). The fourth-order valence-corrected chi connectivity index (χ4v) is 4.87. The van der Waals surface area contributed by atoms with Crippen LogP contribution in [0, 0.1) is 0 Å². The largest absolute Gasteiger partial charge is 0.321 e. The molecule has 0 radical (unpaired) electrons. The first kappa shape index (κ1) is 18.0. The molecule has 6 heteroatoms. The Kier molecular flexibility index (Phi) is 5.49. The highest BCUT2D eigenvalue weighted by Crippen LogP contribution is 2.38. The quantitative estimate of drug-likeness (QED) is 0.842. The molecule has 0 bridgehead atoms. The summed E-state index contributed by atoms with van der Waals surface area (Å²) >= 11 is 1.83. The lowest BCUT2D eigenvalue weighted by Gasteiger charge is -2.14. The van der Waals surface area contributed by atoms with E-state index in [0.717, 1.165) is 16.8 Å². The van der Waals surface area contributed by atoms with E-state index in [2.05, 4.69) is 5.32 Å². The first-order valence-corrected chi connectivity index (χ1v) is 11.1. The van der Waals surface area contributed by atoms with Crippen molar-refractivity contribution in [3.8, 4) is 0 Å². The summed E-state index contributed by atoms with van der Waals surface area (Å²) in [4.78, 5) is 13.8. The normalized spacial score (nSPS) is 15.2. The van der Waals surface area contributed by atoms with Crippen LogP contribution >= 0.6 is 11.8 Å². The van der Waals surface area contributed by atoms with E-state index in [1.165, 1.54) is 37.8 Å². The van der Waals surface area contributed by atoms with Gasteiger partial charge in [0, 0.05) is 22.0 Å². The highest BCUT2D eigenvalue weighted by Gasteiger charge is 2.18. The number of nitrogens with one attached hydrogen (secondary N) is 1. The second-order valence-electron chi connectivity index (χ2n) is 6.27. The Morgan fingerprint density at radius 2 is 1.68 bits per heavy atom. The Labute approximate surface area is 152 Å². The van der Waals surface area contributed by atoms with Crippen LogP contribution in [0.15, 0.2) is 58.3 Å². The zero-order chi connectivity index (χ0) is 17.9. The molecule has 1 aliphatic carbocycles. The fraction of sp³-hybridized carbons (Fsp3) is 0.316. The van der Waals surface area contributed by atoms with Gasteiger partial charge in [-0.05, 0) is 49.2 Å². The van der Waals surface area contributed by atoms with E-state index in [-0.39, 0.29) is 10.8 Å². The molecule has 0 saturated heterocycles. The van der Waals surface area contributed by atoms with Crippen LogP contribution in [0.5, 0.6) is 0 Å². The van der Waals surface area contributed by atoms with Crippen molar-refractivity contribution >= 4 is 33.2 Å². The Morgan fingerprint density at radius 1 is 1.04 bits per heavy atom. The zero-order valence-electron chi connectivity index (χ0n) is 14.1. The van der Waals surface area contributed by atoms with Crippen molar-refractivity contribution in [2.45, 2.75) is 40.7 Å². The summed E-state index contributed by atoms with van der Waals surface area (Å²) < 4.78 is 23.0. The van der Waals surface area contributed by atoms with Gasteiger partial charge < -0.3 is 5.32 Å². The lowest BCUT2D eigenvalue weighted by molar-refractivity contribution is 0.102. The summed E-state index contributed by atoms with van der Waals surface area (Å²) in [6.07, 6.45) is 6.15. The maximum Gasteiger partial charge on any atom is 0.255 e. The number of hydrogen-bond donors (Lipinski definition) is 1. The molecule has 0 aliphatic heterocycles. The lowest BCUT2D eigenvalue weighted by Crippen LogP contribution is -2.13. The third-order valence-corrected chi connectivity index (χ3v) is 6.82. The second kappa shape index (κ2) is 7.62. The first-order valence-electron chi connectivity index (χ1n) is 8.30. The highest BCUT2D eigenvalue weighted by atomic mass is 32.2. The van der Waals surface area contributed by atoms with E-state index in [4.69, 9.17) is 0 Å². The molecule has 1 saturated carbocycles. The van der Waals surface area contributed by atoms with E-state index >= 15 is 0 Å². The van der Waals surface area contributed by atoms with Gasteiger partial charge >= 0.3 is 0 Å². The SMILES string of the molecule is CS(=O)(=O)c1ccc(C(=O)Nc2ccccc2SC2CCCC2)cc1. The highest BCUT2D eigenvalue weighted by molar-refractivity contribution is 8.00. The predicted octanol–water partition coefficient (Wildman–Crippen LogP) is 4.38. The number of rotatable bonds is 5. The van der Waals surface area contributed by atoms with Crippen molar-refractivity contribution in [1.82, 2.24) is 0 Å². The molecule has 0 unspecified atom stereocenters. The van der Waals surface area contributed by atoms with Gasteiger partial charge in [-0.1, -0.05) is 25.0 Å². The monoisotopic (exact) mass is 375 g/mol. The number of para-hydroxylation sites is 1. The van der Waals surface area contributed by atoms with Gasteiger partial charge in [0.05, 0.1) is 10.6 Å². The van der Waals surface area contributed by atoms with E-state index in [1.54, 1.807) is 12.1 Å². The van der Waals surface area contributed by atoms with Crippen LogP contribution in [0.3, 0.4) is 0 Å². The van der Waals surface area contributed by atoms with Crippen LogP contribution in [0.25, 0.3) is 0 Å². The van der Waals surface area contributed by atoms with Crippen molar-refractivity contribution in [2.75, 3.05) is 11.6 Å². The Bertz CT molecular complexity index is 854. The number of amides is 1. The number of benzene rings is 2. The summed E-state index contributed by atoms with van der Waals surface area (Å²) in [7, 11) is -3.26. The van der Waals surface area contributed by atoms with Crippen LogP contribution in [-0.2, 0) is 9.84 Å². The molecule has 0 spiro atoms. The van der Waals surface area contributed by atoms with Gasteiger partial charge in [-0.3, -0.25) is 4.79 Å². The third-order valence-electron chi connectivity index (χ3n) is 4.28. The van der Waals surface area contributed by atoms with Crippen molar-refractivity contribution in [2.24, 2.45) is 0 Å². The molecule has 1 fully saturated rings. The number of hydrogen-bond acceptors (Lipinski definition) is 4. The van der Waals surface area contributed by atoms with Crippen LogP contribution in [-0.4, -0.2) is 25.8 Å². The average molecular weight is 376 g/mol. The number of carbonyl (C=O) groups excluding carboxylic acids is 1. The Hall–Kier alpha value is -1.79. The minimum absolute atomic E-state index is 0.209. The molecule has 0 heterocycles. The summed E-state index contributed by atoms with van der Waals surface area (Å²) in [5.74, 6) is -0.237. The number of thioether (sulfide) groups is 1. The molecule has 4 nitrogen and oxygen atoms in total. The van der Waals surface area contributed by atoms with E-state index in [1.807, 2.05) is 36.0 Å². The molecule has 1 aliphatic rings. The number of anilines is 1. The molecule has 25 heavy (non-hydrogen) atoms. The van der Waals surface area contributed by atoms with Gasteiger partial charge in [-0.15, -0.1) is 11.8 Å². The van der Waals surface area contributed by atoms with E-state index < -0.39 is 9.84 Å². The van der Waals surface area contributed by atoms with Crippen LogP contribution < -0.4 is 5.32 Å². The fourth-order valence-electron chi connectivity index (χ4n) is 2.91. The Balaban J connectivity index is 1.74. The Morgan fingerprint density at radius 3 is 2.32 bits per heavy atom. The zero-order valence-corrected chi connectivity index (χ0v) is 15.7. The van der Waals surface area contributed by atoms with E-state index in [9.17, 15) is 13.2 Å². The van der Waals surface area contributed by atoms with E-state index in [0.29, 0.717) is 10.8 Å². The molecular formula is C19H21NO3S2. The first-order chi connectivity index (χ1) is 11.9. The van der Waals surface area contributed by atoms with Gasteiger partial charge in [0.15, 0.2) is 9.84 Å². The van der Waals surface area contributed by atoms with Gasteiger partial charge in [0.2, 0.25) is 0 Å². The molecule has 1 amide bonds. The van der Waals surface area contributed by atoms with Crippen molar-refractivity contribution in [3.63, 3.8) is 0 Å². The minimum atomic E-state index is -3.26. The molecule has 0 aromatic heterocycles. The molecule has 132 valence electrons. The van der Waals surface area contributed by atoms with Gasteiger partial charge in [0.25, 0.3) is 5.91 Å². The third kappa shape index (κ3) is 4.64. The summed E-state index contributed by atoms with van der Waals surface area (Å²) in [5.41, 5.74) is 1.24. The summed E-state index contributed by atoms with van der Waals surface area (Å²) in [6, 6.07) is 13.8.